The highest BCUT2D eigenvalue weighted by Crippen LogP contribution is 2.44. The predicted octanol–water partition coefficient (Wildman–Crippen LogP) is 4.11. The lowest BCUT2D eigenvalue weighted by Crippen LogP contribution is -2.55. The maximum Gasteiger partial charge on any atom is 0.153 e. The number of aromatic nitrogens is 4. The van der Waals surface area contributed by atoms with Crippen LogP contribution < -0.4 is 10.6 Å². The molecule has 0 radical (unpaired) electrons. The molecule has 5 heterocycles. The third-order valence-electron chi connectivity index (χ3n) is 7.41. The Kier molecular flexibility index (Phi) is 4.72. The van der Waals surface area contributed by atoms with Gasteiger partial charge in [0.15, 0.2) is 5.82 Å². The first kappa shape index (κ1) is 19.5. The van der Waals surface area contributed by atoms with Crippen LogP contribution in [0, 0.1) is 24.2 Å². The Hall–Kier alpha value is -3.18. The van der Waals surface area contributed by atoms with Crippen molar-refractivity contribution in [2.45, 2.75) is 69.6 Å². The second-order valence-electron chi connectivity index (χ2n) is 9.58. The molecule has 3 aromatic heterocycles. The average Bonchev–Trinajstić information content (AvgIpc) is 3.27. The summed E-state index contributed by atoms with van der Waals surface area (Å²) in [5.41, 5.74) is 1.91. The van der Waals surface area contributed by atoms with Gasteiger partial charge in [-0.1, -0.05) is 0 Å². The fraction of sp³-hybridized carbons (Fsp3) is 0.500. The number of hydrogen-bond donors (Lipinski definition) is 3. The third-order valence-corrected chi connectivity index (χ3v) is 7.41. The zero-order valence-electron chi connectivity index (χ0n) is 18.3. The van der Waals surface area contributed by atoms with Gasteiger partial charge in [-0.3, -0.25) is 15.0 Å². The van der Waals surface area contributed by atoms with Gasteiger partial charge in [-0.05, 0) is 57.6 Å². The Morgan fingerprint density at radius 3 is 2.62 bits per heavy atom. The molecule has 1 aliphatic carbocycles. The molecule has 1 saturated carbocycles. The predicted molar refractivity (Wildman–Crippen MR) is 124 cm³/mol. The lowest BCUT2D eigenvalue weighted by molar-refractivity contribution is 0.0245. The van der Waals surface area contributed by atoms with Gasteiger partial charge in [0, 0.05) is 59.5 Å². The van der Waals surface area contributed by atoms with Crippen LogP contribution in [0.5, 0.6) is 0 Å². The number of nitrogens with zero attached hydrogens (tertiary/aromatic N) is 5. The Morgan fingerprint density at radius 1 is 1.09 bits per heavy atom. The number of nitrogens with one attached hydrogen (secondary N) is 3. The topological polar surface area (TPSA) is 106 Å². The van der Waals surface area contributed by atoms with Crippen LogP contribution in [0.1, 0.15) is 44.2 Å². The molecular formula is C24H28N8. The summed E-state index contributed by atoms with van der Waals surface area (Å²) in [6.45, 7) is 1.98. The minimum absolute atomic E-state index is 0.270. The zero-order valence-corrected chi connectivity index (χ0v) is 18.3. The van der Waals surface area contributed by atoms with Crippen molar-refractivity contribution < 1.29 is 0 Å². The van der Waals surface area contributed by atoms with Crippen molar-refractivity contribution >= 4 is 28.4 Å². The Morgan fingerprint density at radius 2 is 1.91 bits per heavy atom. The molecule has 3 aliphatic rings. The lowest BCUT2D eigenvalue weighted by Gasteiger charge is -2.48. The summed E-state index contributed by atoms with van der Waals surface area (Å²) in [6.07, 6.45) is 8.73. The van der Waals surface area contributed by atoms with Gasteiger partial charge in [-0.15, -0.1) is 0 Å². The van der Waals surface area contributed by atoms with Gasteiger partial charge in [-0.25, -0.2) is 4.98 Å². The molecule has 3 N–H and O–H groups in total. The van der Waals surface area contributed by atoms with Gasteiger partial charge >= 0.3 is 0 Å². The van der Waals surface area contributed by atoms with Crippen molar-refractivity contribution in [1.29, 1.82) is 5.26 Å². The number of hydrogen-bond acceptors (Lipinski definition) is 7. The number of rotatable bonds is 5. The van der Waals surface area contributed by atoms with Crippen LogP contribution in [0.25, 0.3) is 10.9 Å². The van der Waals surface area contributed by atoms with Crippen molar-refractivity contribution in [1.82, 2.24) is 25.1 Å². The molecule has 0 amide bonds. The first-order chi connectivity index (χ1) is 15.7. The summed E-state index contributed by atoms with van der Waals surface area (Å²) in [6, 6.07) is 12.7. The number of anilines is 3. The number of piperidine rings is 1. The van der Waals surface area contributed by atoms with E-state index in [4.69, 9.17) is 10.2 Å². The first-order valence-corrected chi connectivity index (χ1v) is 11.6. The summed E-state index contributed by atoms with van der Waals surface area (Å²) in [7, 11) is 0. The third kappa shape index (κ3) is 3.47. The van der Waals surface area contributed by atoms with Crippen LogP contribution in [0.2, 0.25) is 0 Å². The Bertz CT molecular complexity index is 1160. The summed E-state index contributed by atoms with van der Waals surface area (Å²) < 4.78 is 0. The first-order valence-electron chi connectivity index (χ1n) is 11.6. The fourth-order valence-corrected chi connectivity index (χ4v) is 5.92. The molecule has 8 heteroatoms. The summed E-state index contributed by atoms with van der Waals surface area (Å²) >= 11 is 0. The average molecular weight is 429 g/mol. The van der Waals surface area contributed by atoms with Crippen LogP contribution in [0.3, 0.4) is 0 Å². The number of H-pyrrole nitrogens is 1. The van der Waals surface area contributed by atoms with Crippen LogP contribution in [-0.4, -0.2) is 49.2 Å². The summed E-state index contributed by atoms with van der Waals surface area (Å²) in [5, 5.41) is 24.5. The monoisotopic (exact) mass is 428 g/mol. The second-order valence-corrected chi connectivity index (χ2v) is 9.58. The maximum atomic E-state index is 9.16. The molecule has 8 nitrogen and oxygen atoms in total. The molecule has 2 atom stereocenters. The number of fused-ring (bicyclic) bond motifs is 3. The molecule has 164 valence electrons. The second kappa shape index (κ2) is 7.75. The Labute approximate surface area is 187 Å². The number of aromatic amines is 1. The highest BCUT2D eigenvalue weighted by molar-refractivity contribution is 5.91. The van der Waals surface area contributed by atoms with E-state index in [0.29, 0.717) is 24.2 Å². The molecule has 32 heavy (non-hydrogen) atoms. The van der Waals surface area contributed by atoms with Gasteiger partial charge in [0.05, 0.1) is 11.6 Å². The minimum atomic E-state index is 0.270. The maximum absolute atomic E-state index is 9.16. The molecule has 2 aliphatic heterocycles. The molecule has 2 saturated heterocycles. The van der Waals surface area contributed by atoms with Crippen molar-refractivity contribution in [3.63, 3.8) is 0 Å². The number of aryl methyl sites for hydroxylation is 1. The van der Waals surface area contributed by atoms with E-state index in [2.05, 4.69) is 42.9 Å². The molecule has 2 unspecified atom stereocenters. The quantitative estimate of drug-likeness (QED) is 0.561. The van der Waals surface area contributed by atoms with E-state index in [1.807, 2.05) is 31.3 Å². The number of nitriles is 1. The van der Waals surface area contributed by atoms with Crippen molar-refractivity contribution in [2.24, 2.45) is 5.92 Å². The van der Waals surface area contributed by atoms with E-state index >= 15 is 0 Å². The molecule has 0 aromatic carbocycles. The van der Waals surface area contributed by atoms with Gasteiger partial charge < -0.3 is 10.6 Å². The van der Waals surface area contributed by atoms with E-state index in [1.54, 1.807) is 0 Å². The van der Waals surface area contributed by atoms with E-state index < -0.39 is 0 Å². The van der Waals surface area contributed by atoms with Crippen molar-refractivity contribution in [2.75, 3.05) is 10.6 Å². The summed E-state index contributed by atoms with van der Waals surface area (Å²) in [5.74, 6) is 2.64. The largest absolute Gasteiger partial charge is 0.367 e. The van der Waals surface area contributed by atoms with Gasteiger partial charge in [-0.2, -0.15) is 10.4 Å². The van der Waals surface area contributed by atoms with Gasteiger partial charge in [0.25, 0.3) is 0 Å². The molecule has 3 fully saturated rings. The Balaban J connectivity index is 1.22. The SMILES string of the molecule is Cc1cc(Nc2cc3ncccc3c(NC3CC4CCC(C3)N4[C@H]3C[C@@H](C#N)C3)n2)n[nH]1. The molecule has 0 spiro atoms. The van der Waals surface area contributed by atoms with E-state index in [0.717, 1.165) is 59.7 Å². The van der Waals surface area contributed by atoms with Crippen LogP contribution in [0.15, 0.2) is 30.5 Å². The minimum Gasteiger partial charge on any atom is -0.367 e. The molecule has 6 rings (SSSR count). The lowest BCUT2D eigenvalue weighted by atomic mass is 9.78. The number of pyridine rings is 2. The molecule has 2 bridgehead atoms. The molecule has 3 aromatic rings. The van der Waals surface area contributed by atoms with Crippen LogP contribution >= 0.6 is 0 Å². The highest BCUT2D eigenvalue weighted by atomic mass is 15.3. The highest BCUT2D eigenvalue weighted by Gasteiger charge is 2.47. The van der Waals surface area contributed by atoms with Crippen molar-refractivity contribution in [3.8, 4) is 6.07 Å². The zero-order chi connectivity index (χ0) is 21.7. The smallest absolute Gasteiger partial charge is 0.153 e. The van der Waals surface area contributed by atoms with Gasteiger partial charge in [0.2, 0.25) is 0 Å². The van der Waals surface area contributed by atoms with Crippen LogP contribution in [0.4, 0.5) is 17.5 Å². The molecular weight excluding hydrogens is 400 g/mol. The summed E-state index contributed by atoms with van der Waals surface area (Å²) in [4.78, 5) is 12.2. The van der Waals surface area contributed by atoms with Crippen molar-refractivity contribution in [3.05, 3.63) is 36.2 Å². The van der Waals surface area contributed by atoms with E-state index in [-0.39, 0.29) is 5.92 Å². The van der Waals surface area contributed by atoms with E-state index in [9.17, 15) is 0 Å². The standard InChI is InChI=1S/C24H28N8/c1-14-7-23(31-30-14)28-22-12-21-20(3-2-6-26-21)24(29-22)27-16-10-17-4-5-18(11-16)32(17)19-8-15(9-19)13-25/h2-3,6-7,12,15-19H,4-5,8-11H2,1H3,(H3,27,28,29,30,31)/t15-,16?,17?,18?,19+. The van der Waals surface area contributed by atoms with E-state index in [1.165, 1.54) is 12.8 Å². The van der Waals surface area contributed by atoms with Gasteiger partial charge in [0.1, 0.15) is 11.6 Å². The van der Waals surface area contributed by atoms with Crippen LogP contribution in [-0.2, 0) is 0 Å². The normalized spacial score (nSPS) is 29.4. The fourth-order valence-electron chi connectivity index (χ4n) is 5.92.